The molecule has 0 saturated heterocycles. The summed E-state index contributed by atoms with van der Waals surface area (Å²) < 4.78 is 19.4. The van der Waals surface area contributed by atoms with E-state index in [4.69, 9.17) is 10.5 Å². The summed E-state index contributed by atoms with van der Waals surface area (Å²) in [6.45, 7) is 4.18. The molecule has 19 heavy (non-hydrogen) atoms. The third kappa shape index (κ3) is 3.41. The van der Waals surface area contributed by atoms with Gasteiger partial charge in [0.05, 0.1) is 6.61 Å². The molecular formula is C15H18FNOS. The zero-order valence-corrected chi connectivity index (χ0v) is 11.9. The SMILES string of the molecule is Cc1ccsc1C(OCc1ccccc1F)C(C)N. The lowest BCUT2D eigenvalue weighted by Gasteiger charge is -2.21. The number of nitrogens with two attached hydrogens (primary N) is 1. The molecule has 0 amide bonds. The average Bonchev–Trinajstić information content (AvgIpc) is 2.78. The fraction of sp³-hybridized carbons (Fsp3) is 0.333. The molecule has 2 aromatic rings. The lowest BCUT2D eigenvalue weighted by Crippen LogP contribution is -2.26. The van der Waals surface area contributed by atoms with Gasteiger partial charge in [-0.2, -0.15) is 0 Å². The Labute approximate surface area is 117 Å². The molecule has 102 valence electrons. The molecule has 0 fully saturated rings. The molecule has 1 aromatic carbocycles. The van der Waals surface area contributed by atoms with Crippen molar-refractivity contribution >= 4 is 11.3 Å². The summed E-state index contributed by atoms with van der Waals surface area (Å²) in [5.74, 6) is -0.242. The predicted molar refractivity (Wildman–Crippen MR) is 76.6 cm³/mol. The van der Waals surface area contributed by atoms with E-state index >= 15 is 0 Å². The van der Waals surface area contributed by atoms with Gasteiger partial charge >= 0.3 is 0 Å². The number of rotatable bonds is 5. The van der Waals surface area contributed by atoms with Crippen molar-refractivity contribution in [1.82, 2.24) is 0 Å². The summed E-state index contributed by atoms with van der Waals surface area (Å²) in [6.07, 6.45) is -0.195. The van der Waals surface area contributed by atoms with Gasteiger partial charge in [0, 0.05) is 16.5 Å². The van der Waals surface area contributed by atoms with Crippen LogP contribution in [0, 0.1) is 12.7 Å². The maximum absolute atomic E-state index is 13.6. The predicted octanol–water partition coefficient (Wildman–Crippen LogP) is 3.80. The summed E-state index contributed by atoms with van der Waals surface area (Å²) in [5.41, 5.74) is 7.71. The van der Waals surface area contributed by atoms with Crippen molar-refractivity contribution in [3.05, 3.63) is 57.5 Å². The molecule has 2 unspecified atom stereocenters. The summed E-state index contributed by atoms with van der Waals surface area (Å²) in [7, 11) is 0. The Bertz CT molecular complexity index is 538. The van der Waals surface area contributed by atoms with Crippen LogP contribution in [0.3, 0.4) is 0 Å². The molecule has 1 heterocycles. The molecule has 0 radical (unpaired) electrons. The Morgan fingerprint density at radius 2 is 2.05 bits per heavy atom. The first kappa shape index (κ1) is 14.2. The van der Waals surface area contributed by atoms with Gasteiger partial charge < -0.3 is 10.5 Å². The van der Waals surface area contributed by atoms with Gasteiger partial charge in [-0.15, -0.1) is 11.3 Å². The molecule has 1 aromatic heterocycles. The summed E-state index contributed by atoms with van der Waals surface area (Å²) >= 11 is 1.63. The van der Waals surface area contributed by atoms with Crippen LogP contribution >= 0.6 is 11.3 Å². The molecule has 0 aliphatic carbocycles. The highest BCUT2D eigenvalue weighted by atomic mass is 32.1. The van der Waals surface area contributed by atoms with Gasteiger partial charge in [-0.1, -0.05) is 18.2 Å². The zero-order chi connectivity index (χ0) is 13.8. The van der Waals surface area contributed by atoms with Crippen LogP contribution in [-0.2, 0) is 11.3 Å². The first-order valence-electron chi connectivity index (χ1n) is 6.24. The highest BCUT2D eigenvalue weighted by Crippen LogP contribution is 2.29. The second-order valence-electron chi connectivity index (χ2n) is 4.65. The Kier molecular flexibility index (Phi) is 4.69. The van der Waals surface area contributed by atoms with Crippen molar-refractivity contribution in [3.63, 3.8) is 0 Å². The Balaban J connectivity index is 2.11. The average molecular weight is 279 g/mol. The molecule has 0 aliphatic heterocycles. The van der Waals surface area contributed by atoms with E-state index in [9.17, 15) is 4.39 Å². The van der Waals surface area contributed by atoms with Crippen molar-refractivity contribution < 1.29 is 9.13 Å². The molecule has 2 rings (SSSR count). The van der Waals surface area contributed by atoms with E-state index in [0.29, 0.717) is 5.56 Å². The minimum atomic E-state index is -0.242. The van der Waals surface area contributed by atoms with Crippen LogP contribution in [-0.4, -0.2) is 6.04 Å². The molecule has 0 saturated carbocycles. The first-order chi connectivity index (χ1) is 9.09. The van der Waals surface area contributed by atoms with Crippen LogP contribution in [0.4, 0.5) is 4.39 Å². The topological polar surface area (TPSA) is 35.2 Å². The van der Waals surface area contributed by atoms with Crippen LogP contribution in [0.15, 0.2) is 35.7 Å². The van der Waals surface area contributed by atoms with Gasteiger partial charge in [-0.3, -0.25) is 0 Å². The highest BCUT2D eigenvalue weighted by Gasteiger charge is 2.20. The van der Waals surface area contributed by atoms with Crippen molar-refractivity contribution in [1.29, 1.82) is 0 Å². The molecule has 2 atom stereocenters. The molecule has 4 heteroatoms. The number of hydrogen-bond acceptors (Lipinski definition) is 3. The standard InChI is InChI=1S/C15H18FNOS/c1-10-7-8-19-15(10)14(11(2)17)18-9-12-5-3-4-6-13(12)16/h3-8,11,14H,9,17H2,1-2H3. The van der Waals surface area contributed by atoms with Crippen molar-refractivity contribution in [3.8, 4) is 0 Å². The number of thiophene rings is 1. The third-order valence-electron chi connectivity index (χ3n) is 3.01. The quantitative estimate of drug-likeness (QED) is 0.903. The summed E-state index contributed by atoms with van der Waals surface area (Å²) in [4.78, 5) is 1.12. The van der Waals surface area contributed by atoms with Gasteiger partial charge in [0.1, 0.15) is 11.9 Å². The van der Waals surface area contributed by atoms with Crippen LogP contribution in [0.1, 0.15) is 29.0 Å². The van der Waals surface area contributed by atoms with E-state index in [0.717, 1.165) is 4.88 Å². The molecular weight excluding hydrogens is 261 g/mol. The monoisotopic (exact) mass is 279 g/mol. The third-order valence-corrected chi connectivity index (χ3v) is 4.09. The number of benzene rings is 1. The molecule has 0 bridgehead atoms. The first-order valence-corrected chi connectivity index (χ1v) is 7.12. The Morgan fingerprint density at radius 1 is 1.32 bits per heavy atom. The minimum Gasteiger partial charge on any atom is -0.366 e. The summed E-state index contributed by atoms with van der Waals surface area (Å²) in [5, 5.41) is 2.02. The second kappa shape index (κ2) is 6.28. The maximum atomic E-state index is 13.6. The van der Waals surface area contributed by atoms with Gasteiger partial charge in [-0.25, -0.2) is 4.39 Å². The van der Waals surface area contributed by atoms with Gasteiger partial charge in [-0.05, 0) is 36.9 Å². The van der Waals surface area contributed by atoms with Gasteiger partial charge in [0.15, 0.2) is 0 Å². The highest BCUT2D eigenvalue weighted by molar-refractivity contribution is 7.10. The van der Waals surface area contributed by atoms with E-state index in [1.807, 2.05) is 25.3 Å². The maximum Gasteiger partial charge on any atom is 0.128 e. The van der Waals surface area contributed by atoms with Crippen molar-refractivity contribution in [2.75, 3.05) is 0 Å². The fourth-order valence-electron chi connectivity index (χ4n) is 1.94. The number of hydrogen-bond donors (Lipinski definition) is 1. The molecule has 0 spiro atoms. The molecule has 0 aliphatic rings. The van der Waals surface area contributed by atoms with Crippen molar-refractivity contribution in [2.24, 2.45) is 5.73 Å². The second-order valence-corrected chi connectivity index (χ2v) is 5.60. The fourth-order valence-corrected chi connectivity index (χ4v) is 3.03. The number of ether oxygens (including phenoxy) is 1. The number of aryl methyl sites for hydroxylation is 1. The normalized spacial score (nSPS) is 14.3. The van der Waals surface area contributed by atoms with E-state index in [1.165, 1.54) is 11.6 Å². The molecule has 2 nitrogen and oxygen atoms in total. The van der Waals surface area contributed by atoms with Gasteiger partial charge in [0.2, 0.25) is 0 Å². The van der Waals surface area contributed by atoms with E-state index in [-0.39, 0.29) is 24.6 Å². The van der Waals surface area contributed by atoms with E-state index < -0.39 is 0 Å². The van der Waals surface area contributed by atoms with E-state index in [1.54, 1.807) is 29.5 Å². The Hall–Kier alpha value is -1.23. The van der Waals surface area contributed by atoms with Crippen LogP contribution in [0.2, 0.25) is 0 Å². The van der Waals surface area contributed by atoms with Crippen LogP contribution in [0.25, 0.3) is 0 Å². The minimum absolute atomic E-state index is 0.135. The lowest BCUT2D eigenvalue weighted by atomic mass is 10.1. The lowest BCUT2D eigenvalue weighted by molar-refractivity contribution is 0.0264. The number of halogens is 1. The summed E-state index contributed by atoms with van der Waals surface area (Å²) in [6, 6.07) is 8.56. The molecule has 2 N–H and O–H groups in total. The van der Waals surface area contributed by atoms with E-state index in [2.05, 4.69) is 0 Å². The smallest absolute Gasteiger partial charge is 0.128 e. The van der Waals surface area contributed by atoms with Gasteiger partial charge in [0.25, 0.3) is 0 Å². The van der Waals surface area contributed by atoms with Crippen LogP contribution < -0.4 is 5.73 Å². The largest absolute Gasteiger partial charge is 0.366 e. The zero-order valence-electron chi connectivity index (χ0n) is 11.1. The Morgan fingerprint density at radius 3 is 2.63 bits per heavy atom. The van der Waals surface area contributed by atoms with Crippen LogP contribution in [0.5, 0.6) is 0 Å². The van der Waals surface area contributed by atoms with Crippen molar-refractivity contribution in [2.45, 2.75) is 32.6 Å².